The lowest BCUT2D eigenvalue weighted by atomic mass is 10.1. The van der Waals surface area contributed by atoms with Gasteiger partial charge in [-0.2, -0.15) is 8.78 Å². The zero-order valence-corrected chi connectivity index (χ0v) is 16.8. The number of rotatable bonds is 5. The second-order valence-electron chi connectivity index (χ2n) is 7.11. The number of halogens is 4. The highest BCUT2D eigenvalue weighted by Crippen LogP contribution is 2.26. The number of likely N-dealkylation sites (tertiary alicyclic amines) is 1. The van der Waals surface area contributed by atoms with Crippen LogP contribution in [0, 0.1) is 5.82 Å². The lowest BCUT2D eigenvalue weighted by molar-refractivity contribution is 0.0536. The molecule has 0 aliphatic carbocycles. The molecule has 3 aromatic rings. The number of para-hydroxylation sites is 1. The number of carbonyl (C=O) groups is 2. The number of aromatic nitrogens is 2. The first kappa shape index (κ1) is 22.2. The minimum absolute atomic E-state index is 0.0355. The van der Waals surface area contributed by atoms with Gasteiger partial charge in [0, 0.05) is 16.8 Å². The predicted molar refractivity (Wildman–Crippen MR) is 106 cm³/mol. The van der Waals surface area contributed by atoms with E-state index < -0.39 is 36.5 Å². The van der Waals surface area contributed by atoms with Gasteiger partial charge in [-0.25, -0.2) is 18.4 Å². The Morgan fingerprint density at radius 2 is 1.88 bits per heavy atom. The highest BCUT2D eigenvalue weighted by atomic mass is 19.3. The van der Waals surface area contributed by atoms with Crippen molar-refractivity contribution in [3.8, 4) is 11.5 Å². The fourth-order valence-corrected chi connectivity index (χ4v) is 3.06. The Morgan fingerprint density at radius 1 is 1.15 bits per heavy atom. The van der Waals surface area contributed by atoms with E-state index in [0.717, 1.165) is 15.9 Å². The fraction of sp³-hybridized carbons (Fsp3) is 0.238. The molecule has 2 heterocycles. The van der Waals surface area contributed by atoms with E-state index in [1.807, 2.05) is 0 Å². The monoisotopic (exact) mass is 464 g/mol. The molecule has 33 heavy (non-hydrogen) atoms. The molecule has 1 saturated heterocycles. The highest BCUT2D eigenvalue weighted by Gasteiger charge is 2.34. The van der Waals surface area contributed by atoms with Crippen LogP contribution >= 0.6 is 0 Å². The van der Waals surface area contributed by atoms with E-state index in [4.69, 9.17) is 9.15 Å². The summed E-state index contributed by atoms with van der Waals surface area (Å²) in [6.07, 6.45) is -6.20. The lowest BCUT2D eigenvalue weighted by Gasteiger charge is -2.33. The molecular weight excluding hydrogens is 448 g/mol. The van der Waals surface area contributed by atoms with E-state index in [9.17, 15) is 27.2 Å². The second kappa shape index (κ2) is 9.27. The average molecular weight is 464 g/mol. The van der Waals surface area contributed by atoms with E-state index in [-0.39, 0.29) is 36.7 Å². The molecule has 0 spiro atoms. The Morgan fingerprint density at radius 3 is 2.48 bits per heavy atom. The summed E-state index contributed by atoms with van der Waals surface area (Å²) < 4.78 is 62.7. The summed E-state index contributed by atoms with van der Waals surface area (Å²) in [7, 11) is 0. The third-order valence-corrected chi connectivity index (χ3v) is 4.81. The first-order valence-corrected chi connectivity index (χ1v) is 9.69. The van der Waals surface area contributed by atoms with Gasteiger partial charge in [0.05, 0.1) is 19.6 Å². The molecule has 2 amide bonds. The molecule has 0 N–H and O–H groups in total. The van der Waals surface area contributed by atoms with Crippen LogP contribution in [0.3, 0.4) is 0 Å². The van der Waals surface area contributed by atoms with E-state index in [1.54, 1.807) is 30.3 Å². The summed E-state index contributed by atoms with van der Waals surface area (Å²) in [6.45, 7) is -0.660. The standard InChI is InChI=1S/C21H16F4N4O4/c22-14-10-28(11-14)20(30)33-21(31)29(15-4-2-1-3-5-15)9-13-7-6-12(8-16(13)23)18-26-27-19(32-18)17(24)25/h1-8,14,17H,9-11H2. The van der Waals surface area contributed by atoms with Crippen molar-refractivity contribution in [2.45, 2.75) is 19.1 Å². The number of benzene rings is 2. The van der Waals surface area contributed by atoms with Crippen LogP contribution in [-0.2, 0) is 11.3 Å². The van der Waals surface area contributed by atoms with Crippen LogP contribution < -0.4 is 4.90 Å². The molecule has 1 fully saturated rings. The Balaban J connectivity index is 1.54. The fourth-order valence-electron chi connectivity index (χ4n) is 3.06. The predicted octanol–water partition coefficient (Wildman–Crippen LogP) is 4.73. The number of carbonyl (C=O) groups excluding carboxylic acids is 2. The summed E-state index contributed by atoms with van der Waals surface area (Å²) in [5.41, 5.74) is 0.427. The summed E-state index contributed by atoms with van der Waals surface area (Å²) >= 11 is 0. The maximum atomic E-state index is 14.8. The van der Waals surface area contributed by atoms with Gasteiger partial charge >= 0.3 is 18.6 Å². The third kappa shape index (κ3) is 4.94. The largest absolute Gasteiger partial charge is 0.423 e. The van der Waals surface area contributed by atoms with Crippen molar-refractivity contribution < 1.29 is 36.3 Å². The number of anilines is 1. The smallest absolute Gasteiger partial charge is 0.415 e. The SMILES string of the molecule is O=C(OC(=O)N(Cc1ccc(-c2nnc(C(F)F)o2)cc1F)c1ccccc1)N1CC(F)C1. The molecule has 1 aliphatic heterocycles. The molecule has 12 heteroatoms. The van der Waals surface area contributed by atoms with Gasteiger partial charge in [-0.3, -0.25) is 4.90 Å². The van der Waals surface area contributed by atoms with Gasteiger partial charge in [-0.1, -0.05) is 24.3 Å². The molecule has 8 nitrogen and oxygen atoms in total. The second-order valence-corrected chi connectivity index (χ2v) is 7.11. The summed E-state index contributed by atoms with van der Waals surface area (Å²) in [5, 5.41) is 6.66. The van der Waals surface area contributed by atoms with Gasteiger partial charge in [0.25, 0.3) is 5.89 Å². The van der Waals surface area contributed by atoms with Gasteiger partial charge in [0.1, 0.15) is 12.0 Å². The molecule has 1 aliphatic rings. The van der Waals surface area contributed by atoms with Crippen molar-refractivity contribution in [3.63, 3.8) is 0 Å². The van der Waals surface area contributed by atoms with Crippen LogP contribution in [0.5, 0.6) is 0 Å². The molecule has 0 radical (unpaired) electrons. The first-order valence-electron chi connectivity index (χ1n) is 9.69. The van der Waals surface area contributed by atoms with E-state index in [1.165, 1.54) is 12.1 Å². The minimum Gasteiger partial charge on any atom is -0.415 e. The quantitative estimate of drug-likeness (QED) is 0.401. The maximum Gasteiger partial charge on any atom is 0.423 e. The van der Waals surface area contributed by atoms with Crippen molar-refractivity contribution in [2.24, 2.45) is 0 Å². The third-order valence-electron chi connectivity index (χ3n) is 4.81. The number of alkyl halides is 3. The molecule has 0 bridgehead atoms. The molecule has 4 rings (SSSR count). The summed E-state index contributed by atoms with van der Waals surface area (Å²) in [4.78, 5) is 26.8. The molecule has 1 aromatic heterocycles. The number of hydrogen-bond acceptors (Lipinski definition) is 6. The number of ether oxygens (including phenoxy) is 1. The zero-order chi connectivity index (χ0) is 23.5. The van der Waals surface area contributed by atoms with Crippen LogP contribution in [0.2, 0.25) is 0 Å². The molecule has 0 atom stereocenters. The average Bonchev–Trinajstić information content (AvgIpc) is 3.27. The Labute approximate surface area is 184 Å². The maximum absolute atomic E-state index is 14.8. The van der Waals surface area contributed by atoms with Gasteiger partial charge in [-0.15, -0.1) is 10.2 Å². The molecular formula is C21H16F4N4O4. The van der Waals surface area contributed by atoms with Crippen LogP contribution in [0.15, 0.2) is 52.9 Å². The van der Waals surface area contributed by atoms with E-state index in [0.29, 0.717) is 5.69 Å². The van der Waals surface area contributed by atoms with Gasteiger partial charge < -0.3 is 14.1 Å². The topological polar surface area (TPSA) is 88.8 Å². The van der Waals surface area contributed by atoms with Crippen molar-refractivity contribution in [1.29, 1.82) is 0 Å². The lowest BCUT2D eigenvalue weighted by Crippen LogP contribution is -2.52. The van der Waals surface area contributed by atoms with Gasteiger partial charge in [-0.05, 0) is 24.3 Å². The van der Waals surface area contributed by atoms with Crippen LogP contribution in [-0.4, -0.2) is 46.5 Å². The molecule has 172 valence electrons. The van der Waals surface area contributed by atoms with Crippen LogP contribution in [0.4, 0.5) is 32.8 Å². The zero-order valence-electron chi connectivity index (χ0n) is 16.8. The summed E-state index contributed by atoms with van der Waals surface area (Å²) in [5.74, 6) is -1.97. The van der Waals surface area contributed by atoms with Crippen molar-refractivity contribution in [2.75, 3.05) is 18.0 Å². The minimum atomic E-state index is -2.96. The molecule has 0 unspecified atom stereocenters. The van der Waals surface area contributed by atoms with Crippen molar-refractivity contribution in [3.05, 3.63) is 65.8 Å². The normalized spacial score (nSPS) is 13.7. The number of amides is 2. The van der Waals surface area contributed by atoms with Crippen molar-refractivity contribution in [1.82, 2.24) is 15.1 Å². The molecule has 0 saturated carbocycles. The number of hydrogen-bond donors (Lipinski definition) is 0. The van der Waals surface area contributed by atoms with E-state index >= 15 is 0 Å². The number of nitrogens with zero attached hydrogens (tertiary/aromatic N) is 4. The first-order chi connectivity index (χ1) is 15.8. The van der Waals surface area contributed by atoms with Gasteiger partial charge in [0.2, 0.25) is 5.89 Å². The molecule has 2 aromatic carbocycles. The van der Waals surface area contributed by atoms with Crippen molar-refractivity contribution >= 4 is 17.9 Å². The van der Waals surface area contributed by atoms with Gasteiger partial charge in [0.15, 0.2) is 0 Å². The van der Waals surface area contributed by atoms with Crippen LogP contribution in [0.25, 0.3) is 11.5 Å². The Kier molecular flexibility index (Phi) is 6.24. The van der Waals surface area contributed by atoms with Crippen LogP contribution in [0.1, 0.15) is 17.9 Å². The Bertz CT molecular complexity index is 1150. The summed E-state index contributed by atoms with van der Waals surface area (Å²) in [6, 6.07) is 11.8. The highest BCUT2D eigenvalue weighted by molar-refractivity contribution is 5.94. The Hall–Kier alpha value is -3.96. The van der Waals surface area contributed by atoms with E-state index in [2.05, 4.69) is 10.2 Å².